The van der Waals surface area contributed by atoms with Crippen LogP contribution in [0.5, 0.6) is 0 Å². The Kier molecular flexibility index (Phi) is 6.18. The molecule has 2 aliphatic heterocycles. The van der Waals surface area contributed by atoms with Crippen molar-refractivity contribution in [2.45, 2.75) is 0 Å². The van der Waals surface area contributed by atoms with Crippen LogP contribution < -0.4 is 21.3 Å². The average Bonchev–Trinajstić information content (AvgIpc) is 4.10. The number of nitrogens with zero attached hydrogens (tertiary/aromatic N) is 1. The third kappa shape index (κ3) is 4.22. The number of fused-ring (bicyclic) bond motifs is 17. The molecule has 6 heteroatoms. The summed E-state index contributed by atoms with van der Waals surface area (Å²) in [6.45, 7) is 0.0878. The van der Waals surface area contributed by atoms with Crippen LogP contribution in [0.2, 0.25) is 0 Å². The molecule has 0 atom stereocenters. The molecule has 6 heterocycles. The molecule has 0 N–H and O–H groups in total. The molecule has 4 aromatic heterocycles. The first kappa shape index (κ1) is 32.2. The van der Waals surface area contributed by atoms with E-state index in [-0.39, 0.29) is 6.71 Å². The van der Waals surface area contributed by atoms with E-state index in [0.717, 1.165) is 21.9 Å². The number of thiophene rings is 3. The van der Waals surface area contributed by atoms with Gasteiger partial charge < -0.3 is 9.32 Å². The molecule has 13 aromatic rings. The smallest absolute Gasteiger partial charge is 0.248 e. The lowest BCUT2D eigenvalue weighted by molar-refractivity contribution is 0.669. The Morgan fingerprint density at radius 2 is 0.967 bits per heavy atom. The van der Waals surface area contributed by atoms with Crippen molar-refractivity contribution >= 4 is 157 Å². The van der Waals surface area contributed by atoms with Crippen molar-refractivity contribution in [2.24, 2.45) is 0 Å². The molecule has 0 bridgehead atoms. The van der Waals surface area contributed by atoms with Crippen molar-refractivity contribution in [1.29, 1.82) is 0 Å². The van der Waals surface area contributed by atoms with Crippen LogP contribution in [0.4, 0.5) is 17.1 Å². The highest BCUT2D eigenvalue weighted by Gasteiger charge is 2.44. The minimum Gasteiger partial charge on any atom is -0.456 e. The zero-order valence-corrected chi connectivity index (χ0v) is 34.3. The zero-order valence-electron chi connectivity index (χ0n) is 31.8. The molecule has 60 heavy (non-hydrogen) atoms. The molecule has 0 saturated heterocycles. The second kappa shape index (κ2) is 11.5. The first-order chi connectivity index (χ1) is 29.7. The van der Waals surface area contributed by atoms with Crippen molar-refractivity contribution in [3.63, 3.8) is 0 Å². The Labute approximate surface area is 355 Å². The summed E-state index contributed by atoms with van der Waals surface area (Å²) in [5.74, 6) is 0. The number of rotatable bonds is 2. The molecule has 0 amide bonds. The molecule has 2 aliphatic rings. The molecular formula is C54H28BNOS3. The fourth-order valence-electron chi connectivity index (χ4n) is 10.6. The van der Waals surface area contributed by atoms with Gasteiger partial charge in [-0.25, -0.2) is 0 Å². The number of anilines is 3. The van der Waals surface area contributed by atoms with Crippen LogP contribution in [-0.2, 0) is 0 Å². The summed E-state index contributed by atoms with van der Waals surface area (Å²) in [4.78, 5) is 2.59. The van der Waals surface area contributed by atoms with E-state index in [0.29, 0.717) is 0 Å². The van der Waals surface area contributed by atoms with Crippen LogP contribution in [0.3, 0.4) is 0 Å². The monoisotopic (exact) mass is 813 g/mol. The van der Waals surface area contributed by atoms with E-state index < -0.39 is 0 Å². The van der Waals surface area contributed by atoms with Gasteiger partial charge in [-0.3, -0.25) is 0 Å². The lowest BCUT2D eigenvalue weighted by Gasteiger charge is -2.36. The van der Waals surface area contributed by atoms with Gasteiger partial charge in [0.2, 0.25) is 6.71 Å². The predicted molar refractivity (Wildman–Crippen MR) is 263 cm³/mol. The van der Waals surface area contributed by atoms with Gasteiger partial charge in [-0.2, -0.15) is 0 Å². The summed E-state index contributed by atoms with van der Waals surface area (Å²) in [6, 6.07) is 64.0. The molecule has 276 valence electrons. The third-order valence-corrected chi connectivity index (χ3v) is 16.6. The zero-order chi connectivity index (χ0) is 38.8. The molecule has 0 spiro atoms. The van der Waals surface area contributed by atoms with E-state index in [1.54, 1.807) is 0 Å². The van der Waals surface area contributed by atoms with Gasteiger partial charge >= 0.3 is 0 Å². The van der Waals surface area contributed by atoms with Gasteiger partial charge in [-0.05, 0) is 117 Å². The first-order valence-electron chi connectivity index (χ1n) is 20.4. The summed E-state index contributed by atoms with van der Waals surface area (Å²) in [7, 11) is 0. The van der Waals surface area contributed by atoms with Gasteiger partial charge in [-0.15, -0.1) is 34.0 Å². The molecule has 0 unspecified atom stereocenters. The van der Waals surface area contributed by atoms with Gasteiger partial charge in [0.15, 0.2) is 0 Å². The van der Waals surface area contributed by atoms with Crippen LogP contribution >= 0.6 is 34.0 Å². The van der Waals surface area contributed by atoms with E-state index in [2.05, 4.69) is 169 Å². The Morgan fingerprint density at radius 3 is 1.72 bits per heavy atom. The van der Waals surface area contributed by atoms with Gasteiger partial charge in [0.25, 0.3) is 0 Å². The van der Waals surface area contributed by atoms with Crippen LogP contribution in [0, 0.1) is 0 Å². The maximum atomic E-state index is 6.32. The summed E-state index contributed by atoms with van der Waals surface area (Å²) < 4.78 is 14.3. The van der Waals surface area contributed by atoms with Crippen molar-refractivity contribution in [3.8, 4) is 22.3 Å². The maximum Gasteiger partial charge on any atom is 0.248 e. The fraction of sp³-hybridized carbons (Fsp3) is 0. The Bertz CT molecular complexity index is 4050. The van der Waals surface area contributed by atoms with Gasteiger partial charge in [0.1, 0.15) is 11.2 Å². The molecular weight excluding hydrogens is 786 g/mol. The van der Waals surface area contributed by atoms with E-state index in [1.165, 1.54) is 116 Å². The highest BCUT2D eigenvalue weighted by molar-refractivity contribution is 7.26. The standard InChI is InChI=1S/C54H28BNOS3/c1-5-13-46-32(9-1)38-21-29(17-20-47(38)57-46)30-22-41-37-27-52-39(34-11-3-7-15-49(34)59-52)25-42(37)55-43-26-40-35-12-4-8-16-50(35)60-53(40)28-44(43)56(45(23-30)54(41)55)31-18-19-36-33-10-2-6-14-48(33)58-51(36)24-31/h1-28H. The second-order valence-corrected chi connectivity index (χ2v) is 19.6. The van der Waals surface area contributed by atoms with E-state index in [4.69, 9.17) is 4.42 Å². The SMILES string of the molecule is c1ccc2c(c1)oc1ccc(-c3cc4c5c(c3)N(c3ccc6c(c3)sc3ccccc36)c3cc6sc7ccccc7c6cc3B5c3cc5c(cc3-4)sc3ccccc35)cc12. The first-order valence-corrected chi connectivity index (χ1v) is 22.9. The molecule has 0 fully saturated rings. The summed E-state index contributed by atoms with van der Waals surface area (Å²) in [5.41, 5.74) is 14.8. The van der Waals surface area contributed by atoms with Crippen molar-refractivity contribution < 1.29 is 4.42 Å². The normalized spacial score (nSPS) is 13.3. The highest BCUT2D eigenvalue weighted by Crippen LogP contribution is 2.48. The number of furan rings is 1. The van der Waals surface area contributed by atoms with Gasteiger partial charge in [-0.1, -0.05) is 103 Å². The summed E-state index contributed by atoms with van der Waals surface area (Å²) >= 11 is 5.70. The predicted octanol–water partition coefficient (Wildman–Crippen LogP) is 14.6. The average molecular weight is 814 g/mol. The largest absolute Gasteiger partial charge is 0.456 e. The van der Waals surface area contributed by atoms with Crippen molar-refractivity contribution in [3.05, 3.63) is 170 Å². The minimum atomic E-state index is 0.0878. The van der Waals surface area contributed by atoms with Crippen molar-refractivity contribution in [2.75, 3.05) is 4.90 Å². The van der Waals surface area contributed by atoms with E-state index in [1.807, 2.05) is 40.1 Å². The number of benzene rings is 9. The van der Waals surface area contributed by atoms with E-state index in [9.17, 15) is 0 Å². The lowest BCUT2D eigenvalue weighted by Crippen LogP contribution is -2.54. The maximum absolute atomic E-state index is 6.32. The molecule has 0 radical (unpaired) electrons. The van der Waals surface area contributed by atoms with Crippen molar-refractivity contribution in [1.82, 2.24) is 0 Å². The third-order valence-electron chi connectivity index (χ3n) is 13.2. The topological polar surface area (TPSA) is 16.4 Å². The number of hydrogen-bond acceptors (Lipinski definition) is 5. The number of para-hydroxylation sites is 1. The fourth-order valence-corrected chi connectivity index (χ4v) is 14.0. The molecule has 0 saturated carbocycles. The summed E-state index contributed by atoms with van der Waals surface area (Å²) in [6.07, 6.45) is 0. The van der Waals surface area contributed by atoms with Gasteiger partial charge in [0, 0.05) is 77.6 Å². The van der Waals surface area contributed by atoms with Crippen LogP contribution in [-0.4, -0.2) is 6.71 Å². The van der Waals surface area contributed by atoms with E-state index >= 15 is 0 Å². The summed E-state index contributed by atoms with van der Waals surface area (Å²) in [5, 5.41) is 10.3. The van der Waals surface area contributed by atoms with Crippen LogP contribution in [0.1, 0.15) is 0 Å². The van der Waals surface area contributed by atoms with Crippen LogP contribution in [0.15, 0.2) is 174 Å². The van der Waals surface area contributed by atoms with Crippen LogP contribution in [0.25, 0.3) is 105 Å². The lowest BCUT2D eigenvalue weighted by atomic mass is 9.37. The number of hydrogen-bond donors (Lipinski definition) is 0. The Balaban J connectivity index is 1.07. The quantitative estimate of drug-likeness (QED) is 0.162. The molecule has 0 aliphatic carbocycles. The molecule has 2 nitrogen and oxygen atoms in total. The Hall–Kier alpha value is -6.70. The molecule has 9 aromatic carbocycles. The minimum absolute atomic E-state index is 0.0878. The van der Waals surface area contributed by atoms with Gasteiger partial charge in [0.05, 0.1) is 0 Å². The highest BCUT2D eigenvalue weighted by atomic mass is 32.1. The Morgan fingerprint density at radius 1 is 0.367 bits per heavy atom. The molecule has 15 rings (SSSR count). The second-order valence-electron chi connectivity index (χ2n) is 16.4.